The third kappa shape index (κ3) is 2.92. The van der Waals surface area contributed by atoms with Crippen LogP contribution in [0, 0.1) is 17.3 Å². The second kappa shape index (κ2) is 6.49. The third-order valence-corrected chi connectivity index (χ3v) is 7.00. The van der Waals surface area contributed by atoms with Crippen LogP contribution in [0.2, 0.25) is 0 Å². The molecular formula is C22H34O. The molecule has 1 nitrogen and oxygen atoms in total. The van der Waals surface area contributed by atoms with Gasteiger partial charge in [-0.25, -0.2) is 0 Å². The van der Waals surface area contributed by atoms with Crippen LogP contribution in [0.25, 0.3) is 0 Å². The minimum Gasteiger partial charge on any atom is -0.508 e. The number of unbranched alkanes of at least 4 members (excludes halogenated alkanes) is 1. The summed E-state index contributed by atoms with van der Waals surface area (Å²) in [5, 5.41) is 10.2. The van der Waals surface area contributed by atoms with E-state index in [1.165, 1.54) is 50.5 Å². The molecule has 2 bridgehead atoms. The van der Waals surface area contributed by atoms with Crippen LogP contribution in [0.1, 0.15) is 95.6 Å². The van der Waals surface area contributed by atoms with Gasteiger partial charge >= 0.3 is 0 Å². The molecule has 0 heterocycles. The number of aromatic hydroxyl groups is 1. The van der Waals surface area contributed by atoms with Gasteiger partial charge in [0.25, 0.3) is 0 Å². The van der Waals surface area contributed by atoms with E-state index in [0.29, 0.717) is 23.0 Å². The topological polar surface area (TPSA) is 20.2 Å². The predicted molar refractivity (Wildman–Crippen MR) is 98.0 cm³/mol. The summed E-state index contributed by atoms with van der Waals surface area (Å²) in [4.78, 5) is 0. The monoisotopic (exact) mass is 314 g/mol. The first kappa shape index (κ1) is 16.9. The van der Waals surface area contributed by atoms with Crippen molar-refractivity contribution in [3.8, 4) is 5.75 Å². The minimum atomic E-state index is 0.391. The van der Waals surface area contributed by atoms with E-state index in [1.54, 1.807) is 0 Å². The van der Waals surface area contributed by atoms with E-state index in [-0.39, 0.29) is 0 Å². The summed E-state index contributed by atoms with van der Waals surface area (Å²) in [6.07, 6.45) is 9.75. The van der Waals surface area contributed by atoms with Gasteiger partial charge in [-0.05, 0) is 72.0 Å². The lowest BCUT2D eigenvalue weighted by Crippen LogP contribution is -2.31. The second-order valence-electron chi connectivity index (χ2n) is 8.65. The van der Waals surface area contributed by atoms with Crippen molar-refractivity contribution in [2.24, 2.45) is 17.3 Å². The molecule has 1 aromatic rings. The van der Waals surface area contributed by atoms with Crippen LogP contribution < -0.4 is 0 Å². The highest BCUT2D eigenvalue weighted by Crippen LogP contribution is 2.65. The number of benzene rings is 1. The molecule has 0 aromatic heterocycles. The smallest absolute Gasteiger partial charge is 0.119 e. The maximum absolute atomic E-state index is 10.2. The lowest BCUT2D eigenvalue weighted by molar-refractivity contribution is 0.141. The zero-order chi connectivity index (χ0) is 16.6. The molecule has 128 valence electrons. The Kier molecular flexibility index (Phi) is 4.76. The molecule has 0 aliphatic heterocycles. The number of phenols is 1. The fourth-order valence-corrected chi connectivity index (χ4v) is 5.61. The predicted octanol–water partition coefficient (Wildman–Crippen LogP) is 6.62. The summed E-state index contributed by atoms with van der Waals surface area (Å²) in [5.74, 6) is 3.35. The molecule has 2 aliphatic carbocycles. The Bertz CT molecular complexity index is 547. The highest BCUT2D eigenvalue weighted by atomic mass is 16.3. The first-order valence-corrected chi connectivity index (χ1v) is 9.80. The average Bonchev–Trinajstić information content (AvgIpc) is 3.12. The number of hydrogen-bond donors (Lipinski definition) is 1. The maximum atomic E-state index is 10.2. The summed E-state index contributed by atoms with van der Waals surface area (Å²) in [6, 6.07) is 6.47. The summed E-state index contributed by atoms with van der Waals surface area (Å²) in [7, 11) is 0. The normalized spacial score (nSPS) is 31.0. The standard InChI is InChI=1S/C22H34O/c1-5-6-7-16(4)22-11-10-17(14-22)12-20(22)18-8-9-21(23)19(13-18)15(2)3/h8-9,13,15-17,20,23H,5-7,10-12,14H2,1-4H3. The van der Waals surface area contributed by atoms with Gasteiger partial charge in [-0.2, -0.15) is 0 Å². The molecule has 2 fully saturated rings. The number of rotatable bonds is 6. The Morgan fingerprint density at radius 2 is 2.04 bits per heavy atom. The van der Waals surface area contributed by atoms with Crippen molar-refractivity contribution >= 4 is 0 Å². The van der Waals surface area contributed by atoms with E-state index in [1.807, 2.05) is 6.07 Å². The van der Waals surface area contributed by atoms with Gasteiger partial charge < -0.3 is 5.11 Å². The Hall–Kier alpha value is -0.980. The molecule has 1 N–H and O–H groups in total. The van der Waals surface area contributed by atoms with Crippen LogP contribution in [0.5, 0.6) is 5.75 Å². The summed E-state index contributed by atoms with van der Waals surface area (Å²) >= 11 is 0. The second-order valence-corrected chi connectivity index (χ2v) is 8.65. The minimum absolute atomic E-state index is 0.391. The number of fused-ring (bicyclic) bond motifs is 2. The van der Waals surface area contributed by atoms with Crippen LogP contribution in [-0.4, -0.2) is 5.11 Å². The molecule has 1 heteroatoms. The van der Waals surface area contributed by atoms with Crippen LogP contribution in [-0.2, 0) is 0 Å². The third-order valence-electron chi connectivity index (χ3n) is 7.00. The van der Waals surface area contributed by atoms with Crippen molar-refractivity contribution in [1.29, 1.82) is 0 Å². The van der Waals surface area contributed by atoms with Crippen LogP contribution >= 0.6 is 0 Å². The summed E-state index contributed by atoms with van der Waals surface area (Å²) in [6.45, 7) is 9.18. The van der Waals surface area contributed by atoms with Crippen molar-refractivity contribution in [2.45, 2.75) is 84.5 Å². The molecule has 0 amide bonds. The fraction of sp³-hybridized carbons (Fsp3) is 0.727. The van der Waals surface area contributed by atoms with Crippen molar-refractivity contribution in [2.75, 3.05) is 0 Å². The lowest BCUT2D eigenvalue weighted by Gasteiger charge is -2.41. The van der Waals surface area contributed by atoms with Gasteiger partial charge in [0, 0.05) is 0 Å². The van der Waals surface area contributed by atoms with E-state index in [0.717, 1.165) is 17.4 Å². The lowest BCUT2D eigenvalue weighted by atomic mass is 9.63. The van der Waals surface area contributed by atoms with Gasteiger partial charge in [0.05, 0.1) is 0 Å². The van der Waals surface area contributed by atoms with Crippen molar-refractivity contribution in [3.05, 3.63) is 29.3 Å². The van der Waals surface area contributed by atoms with Gasteiger partial charge in [-0.1, -0.05) is 59.1 Å². The number of hydrogen-bond acceptors (Lipinski definition) is 1. The van der Waals surface area contributed by atoms with E-state index in [4.69, 9.17) is 0 Å². The Morgan fingerprint density at radius 3 is 2.70 bits per heavy atom. The molecule has 0 saturated heterocycles. The maximum Gasteiger partial charge on any atom is 0.119 e. The quantitative estimate of drug-likeness (QED) is 0.626. The largest absolute Gasteiger partial charge is 0.508 e. The first-order valence-electron chi connectivity index (χ1n) is 9.80. The van der Waals surface area contributed by atoms with Gasteiger partial charge in [0.15, 0.2) is 0 Å². The number of phenolic OH excluding ortho intramolecular Hbond substituents is 1. The van der Waals surface area contributed by atoms with Gasteiger partial charge in [-0.15, -0.1) is 0 Å². The Labute approximate surface area is 142 Å². The van der Waals surface area contributed by atoms with E-state index in [2.05, 4.69) is 39.8 Å². The SMILES string of the molecule is CCCCC(C)C12CCC(CC1c1ccc(O)c(C(C)C)c1)C2. The summed E-state index contributed by atoms with van der Waals surface area (Å²) < 4.78 is 0. The molecule has 3 rings (SSSR count). The van der Waals surface area contributed by atoms with Crippen LogP contribution in [0.3, 0.4) is 0 Å². The van der Waals surface area contributed by atoms with Crippen molar-refractivity contribution in [1.82, 2.24) is 0 Å². The van der Waals surface area contributed by atoms with E-state index < -0.39 is 0 Å². The molecule has 4 atom stereocenters. The van der Waals surface area contributed by atoms with Crippen molar-refractivity contribution < 1.29 is 5.11 Å². The summed E-state index contributed by atoms with van der Waals surface area (Å²) in [5.41, 5.74) is 3.16. The zero-order valence-corrected chi connectivity index (χ0v) is 15.4. The molecule has 2 saturated carbocycles. The van der Waals surface area contributed by atoms with Gasteiger partial charge in [0.2, 0.25) is 0 Å². The molecule has 0 radical (unpaired) electrons. The van der Waals surface area contributed by atoms with Crippen LogP contribution in [0.4, 0.5) is 0 Å². The Balaban J connectivity index is 1.91. The molecule has 0 spiro atoms. The fourth-order valence-electron chi connectivity index (χ4n) is 5.61. The van der Waals surface area contributed by atoms with Crippen molar-refractivity contribution in [3.63, 3.8) is 0 Å². The zero-order valence-electron chi connectivity index (χ0n) is 15.4. The highest BCUT2D eigenvalue weighted by molar-refractivity contribution is 5.41. The molecule has 4 unspecified atom stereocenters. The highest BCUT2D eigenvalue weighted by Gasteiger charge is 2.54. The molecule has 23 heavy (non-hydrogen) atoms. The molecule has 1 aromatic carbocycles. The average molecular weight is 315 g/mol. The van der Waals surface area contributed by atoms with Gasteiger partial charge in [-0.3, -0.25) is 0 Å². The van der Waals surface area contributed by atoms with E-state index >= 15 is 0 Å². The molecular weight excluding hydrogens is 280 g/mol. The Morgan fingerprint density at radius 1 is 1.26 bits per heavy atom. The molecule has 2 aliphatic rings. The van der Waals surface area contributed by atoms with Gasteiger partial charge in [0.1, 0.15) is 5.75 Å². The first-order chi connectivity index (χ1) is 11.0. The van der Waals surface area contributed by atoms with Crippen LogP contribution in [0.15, 0.2) is 18.2 Å². The van der Waals surface area contributed by atoms with E-state index in [9.17, 15) is 5.11 Å².